The van der Waals surface area contributed by atoms with Crippen LogP contribution in [-0.2, 0) is 19.1 Å². The number of hydrogen-bond donors (Lipinski definition) is 3. The summed E-state index contributed by atoms with van der Waals surface area (Å²) in [4.78, 5) is 30.3. The molecule has 0 aromatic carbocycles. The first-order valence-corrected chi connectivity index (χ1v) is 7.75. The van der Waals surface area contributed by atoms with Crippen molar-refractivity contribution in [2.75, 3.05) is 13.8 Å². The molecule has 0 aromatic rings. The standard InChI is InChI=1S/C7H12O2.C5H8O2.C4H7NO2.C3H3N/c1-3-4-5-6(2)7(8)9;1-4(2)5(6)7-3;1-2-4(7)5-3-6;1-2-3-4/h2-5H2,1H3,(H,8,9);1H2,2-3H3;2,6H,1,3H2,(H,5,7);2H,1H2. The normalized spacial score (nSPS) is 7.52. The molecular formula is C19H30N2O6. The van der Waals surface area contributed by atoms with Crippen molar-refractivity contribution < 1.29 is 29.3 Å². The van der Waals surface area contributed by atoms with Crippen LogP contribution in [0.1, 0.15) is 33.1 Å². The number of ether oxygens (including phenoxy) is 1. The molecule has 0 aromatic heterocycles. The van der Waals surface area contributed by atoms with Crippen molar-refractivity contribution in [3.63, 3.8) is 0 Å². The Morgan fingerprint density at radius 2 is 1.74 bits per heavy atom. The summed E-state index contributed by atoms with van der Waals surface area (Å²) in [6.45, 7) is 16.3. The van der Waals surface area contributed by atoms with Gasteiger partial charge in [0.15, 0.2) is 0 Å². The lowest BCUT2D eigenvalue weighted by molar-refractivity contribution is -0.136. The summed E-state index contributed by atoms with van der Waals surface area (Å²) in [5, 5.41) is 25.9. The second kappa shape index (κ2) is 25.1. The minimum absolute atomic E-state index is 0.317. The number of aliphatic hydroxyl groups excluding tert-OH is 1. The number of carbonyl (C=O) groups is 3. The van der Waals surface area contributed by atoms with E-state index < -0.39 is 5.97 Å². The minimum atomic E-state index is -0.872. The van der Waals surface area contributed by atoms with Gasteiger partial charge in [0.25, 0.3) is 0 Å². The van der Waals surface area contributed by atoms with Gasteiger partial charge in [-0.3, -0.25) is 4.79 Å². The van der Waals surface area contributed by atoms with E-state index in [1.807, 2.05) is 6.92 Å². The van der Waals surface area contributed by atoms with Crippen LogP contribution in [0.15, 0.2) is 49.6 Å². The molecule has 8 nitrogen and oxygen atoms in total. The Hall–Kier alpha value is -3.18. The lowest BCUT2D eigenvalue weighted by atomic mass is 10.1. The Bertz CT molecular complexity index is 531. The van der Waals surface area contributed by atoms with E-state index in [0.717, 1.165) is 18.9 Å². The SMILES string of the molecule is C=C(C)C(=O)OC.C=C(CCCC)C(=O)O.C=CC#N.C=CC(=O)NCO. The Kier molecular flexibility index (Phi) is 29.3. The van der Waals surface area contributed by atoms with E-state index >= 15 is 0 Å². The fraction of sp³-hybridized carbons (Fsp3) is 0.368. The number of hydrogen-bond acceptors (Lipinski definition) is 6. The van der Waals surface area contributed by atoms with Crippen LogP contribution in [0, 0.1) is 11.3 Å². The van der Waals surface area contributed by atoms with Gasteiger partial charge >= 0.3 is 11.9 Å². The van der Waals surface area contributed by atoms with Crippen LogP contribution < -0.4 is 5.32 Å². The van der Waals surface area contributed by atoms with Crippen LogP contribution >= 0.6 is 0 Å². The summed E-state index contributed by atoms with van der Waals surface area (Å²) in [6.07, 6.45) is 4.83. The van der Waals surface area contributed by atoms with Crippen LogP contribution in [-0.4, -0.2) is 41.9 Å². The molecule has 0 fully saturated rings. The maximum absolute atomic E-state index is 10.2. The number of aliphatic carboxylic acids is 1. The number of nitrogens with zero attached hydrogens (tertiary/aromatic N) is 1. The molecular weight excluding hydrogens is 352 g/mol. The first-order valence-electron chi connectivity index (χ1n) is 7.75. The molecule has 0 heterocycles. The van der Waals surface area contributed by atoms with Gasteiger partial charge in [-0.1, -0.05) is 39.7 Å². The van der Waals surface area contributed by atoms with Crippen molar-refractivity contribution in [3.8, 4) is 6.07 Å². The molecule has 0 saturated carbocycles. The topological polar surface area (TPSA) is 137 Å². The van der Waals surface area contributed by atoms with Crippen molar-refractivity contribution >= 4 is 17.8 Å². The van der Waals surface area contributed by atoms with Gasteiger partial charge in [0.1, 0.15) is 6.73 Å². The maximum Gasteiger partial charge on any atom is 0.332 e. The van der Waals surface area contributed by atoms with Crippen molar-refractivity contribution in [3.05, 3.63) is 49.6 Å². The second-order valence-electron chi connectivity index (χ2n) is 4.52. The molecule has 0 spiro atoms. The maximum atomic E-state index is 10.2. The van der Waals surface area contributed by atoms with Crippen molar-refractivity contribution in [2.24, 2.45) is 0 Å². The highest BCUT2D eigenvalue weighted by atomic mass is 16.5. The van der Waals surface area contributed by atoms with E-state index in [1.165, 1.54) is 13.2 Å². The number of allylic oxidation sites excluding steroid dienone is 1. The average molecular weight is 382 g/mol. The lowest BCUT2D eigenvalue weighted by Gasteiger charge is -1.95. The van der Waals surface area contributed by atoms with Crippen molar-refractivity contribution in [2.45, 2.75) is 33.1 Å². The number of nitriles is 1. The highest BCUT2D eigenvalue weighted by molar-refractivity contribution is 5.87. The van der Waals surface area contributed by atoms with Gasteiger partial charge < -0.3 is 20.3 Å². The average Bonchev–Trinajstić information content (AvgIpc) is 2.66. The highest BCUT2D eigenvalue weighted by Crippen LogP contribution is 2.03. The largest absolute Gasteiger partial charge is 0.478 e. The molecule has 152 valence electrons. The molecule has 1 amide bonds. The van der Waals surface area contributed by atoms with Gasteiger partial charge in [-0.25, -0.2) is 9.59 Å². The number of esters is 1. The van der Waals surface area contributed by atoms with E-state index in [4.69, 9.17) is 15.5 Å². The van der Waals surface area contributed by atoms with E-state index in [-0.39, 0.29) is 18.6 Å². The second-order valence-corrected chi connectivity index (χ2v) is 4.52. The van der Waals surface area contributed by atoms with E-state index in [2.05, 4.69) is 36.4 Å². The van der Waals surface area contributed by atoms with Crippen molar-refractivity contribution in [1.29, 1.82) is 5.26 Å². The third-order valence-electron chi connectivity index (χ3n) is 2.20. The first kappa shape index (κ1) is 31.6. The Morgan fingerprint density at radius 1 is 1.26 bits per heavy atom. The first-order chi connectivity index (χ1) is 12.6. The number of unbranched alkanes of at least 4 members (excludes halogenated alkanes) is 1. The van der Waals surface area contributed by atoms with Gasteiger partial charge in [0.2, 0.25) is 5.91 Å². The summed E-state index contributed by atoms with van der Waals surface area (Å²) in [5.41, 5.74) is 0.749. The number of nitrogens with one attached hydrogen (secondary N) is 1. The highest BCUT2D eigenvalue weighted by Gasteiger charge is 2.00. The molecule has 0 rings (SSSR count). The van der Waals surface area contributed by atoms with E-state index in [0.29, 0.717) is 17.6 Å². The molecule has 3 N–H and O–H groups in total. The van der Waals surface area contributed by atoms with Gasteiger partial charge in [-0.2, -0.15) is 5.26 Å². The molecule has 0 unspecified atom stereocenters. The molecule has 0 aliphatic heterocycles. The summed E-state index contributed by atoms with van der Waals surface area (Å²) in [5.74, 6) is -1.58. The van der Waals surface area contributed by atoms with Gasteiger partial charge in [-0.15, -0.1) is 0 Å². The molecule has 27 heavy (non-hydrogen) atoms. The quantitative estimate of drug-likeness (QED) is 0.266. The van der Waals surface area contributed by atoms with Crippen LogP contribution in [0.4, 0.5) is 0 Å². The van der Waals surface area contributed by atoms with Crippen molar-refractivity contribution in [1.82, 2.24) is 5.32 Å². The molecule has 0 bridgehead atoms. The summed E-state index contributed by atoms with van der Waals surface area (Å²) < 4.78 is 4.27. The fourth-order valence-electron chi connectivity index (χ4n) is 0.821. The molecule has 0 radical (unpaired) electrons. The molecule has 0 aliphatic carbocycles. The van der Waals surface area contributed by atoms with Gasteiger partial charge in [0, 0.05) is 17.2 Å². The predicted molar refractivity (Wildman–Crippen MR) is 104 cm³/mol. The molecule has 0 aliphatic rings. The Labute approximate surface area is 161 Å². The Morgan fingerprint density at radius 3 is 1.89 bits per heavy atom. The number of rotatable bonds is 7. The number of aliphatic hydroxyl groups is 1. The molecule has 8 heteroatoms. The fourth-order valence-corrected chi connectivity index (χ4v) is 0.821. The van der Waals surface area contributed by atoms with E-state index in [9.17, 15) is 14.4 Å². The Balaban J connectivity index is -0.000000135. The number of methoxy groups -OCH3 is 1. The number of carbonyl (C=O) groups excluding carboxylic acids is 2. The minimum Gasteiger partial charge on any atom is -0.478 e. The monoisotopic (exact) mass is 382 g/mol. The molecule has 0 atom stereocenters. The summed E-state index contributed by atoms with van der Waals surface area (Å²) in [6, 6.07) is 1.69. The van der Waals surface area contributed by atoms with Gasteiger partial charge in [0.05, 0.1) is 13.2 Å². The molecule has 0 saturated heterocycles. The number of amides is 1. The van der Waals surface area contributed by atoms with Gasteiger partial charge in [-0.05, 0) is 25.8 Å². The van der Waals surface area contributed by atoms with Crippen LogP contribution in [0.2, 0.25) is 0 Å². The lowest BCUT2D eigenvalue weighted by Crippen LogP contribution is -2.20. The van der Waals surface area contributed by atoms with Crippen LogP contribution in [0.25, 0.3) is 0 Å². The third-order valence-corrected chi connectivity index (χ3v) is 2.20. The zero-order valence-electron chi connectivity index (χ0n) is 16.3. The zero-order valence-corrected chi connectivity index (χ0v) is 16.3. The van der Waals surface area contributed by atoms with Crippen LogP contribution in [0.3, 0.4) is 0 Å². The van der Waals surface area contributed by atoms with E-state index in [1.54, 1.807) is 13.0 Å². The number of carboxylic acids is 1. The predicted octanol–water partition coefficient (Wildman–Crippen LogP) is 2.49. The zero-order chi connectivity index (χ0) is 22.3. The number of carboxylic acid groups (broad SMARTS) is 1. The summed E-state index contributed by atoms with van der Waals surface area (Å²) in [7, 11) is 1.33. The van der Waals surface area contributed by atoms with Crippen LogP contribution in [0.5, 0.6) is 0 Å². The smallest absolute Gasteiger partial charge is 0.332 e. The summed E-state index contributed by atoms with van der Waals surface area (Å²) >= 11 is 0. The third kappa shape index (κ3) is 35.0.